The van der Waals surface area contributed by atoms with Crippen molar-refractivity contribution in [3.63, 3.8) is 0 Å². The molecule has 0 aliphatic rings. The Hall–Kier alpha value is -1.75. The number of benzene rings is 1. The van der Waals surface area contributed by atoms with E-state index in [1.807, 2.05) is 0 Å². The van der Waals surface area contributed by atoms with E-state index < -0.39 is 0 Å². The van der Waals surface area contributed by atoms with Crippen LogP contribution in [0, 0.1) is 0 Å². The fourth-order valence-electron chi connectivity index (χ4n) is 1.25. The van der Waals surface area contributed by atoms with Crippen molar-refractivity contribution in [2.75, 3.05) is 28.3 Å². The van der Waals surface area contributed by atoms with Gasteiger partial charge < -0.3 is 9.47 Å². The SMILES string of the molecule is COc1ccc(C(=O)NN(C)C)c(OC)c1. The van der Waals surface area contributed by atoms with Crippen LogP contribution in [-0.2, 0) is 0 Å². The van der Waals surface area contributed by atoms with Crippen LogP contribution in [0.25, 0.3) is 0 Å². The highest BCUT2D eigenvalue weighted by Crippen LogP contribution is 2.24. The summed E-state index contributed by atoms with van der Waals surface area (Å²) in [5, 5.41) is 1.58. The second-order valence-electron chi connectivity index (χ2n) is 3.40. The molecule has 16 heavy (non-hydrogen) atoms. The molecular formula is C11H16N2O3. The summed E-state index contributed by atoms with van der Waals surface area (Å²) in [6.45, 7) is 0. The Kier molecular flexibility index (Phi) is 4.13. The van der Waals surface area contributed by atoms with Crippen LogP contribution in [0.5, 0.6) is 11.5 Å². The van der Waals surface area contributed by atoms with Crippen LogP contribution in [-0.4, -0.2) is 39.2 Å². The van der Waals surface area contributed by atoms with Crippen LogP contribution < -0.4 is 14.9 Å². The Balaban J connectivity index is 2.99. The van der Waals surface area contributed by atoms with Crippen LogP contribution in [0.1, 0.15) is 10.4 Å². The van der Waals surface area contributed by atoms with Gasteiger partial charge >= 0.3 is 0 Å². The first kappa shape index (κ1) is 12.3. The Bertz CT molecular complexity index is 377. The second kappa shape index (κ2) is 5.37. The zero-order valence-corrected chi connectivity index (χ0v) is 9.90. The lowest BCUT2D eigenvalue weighted by molar-refractivity contribution is 0.0853. The topological polar surface area (TPSA) is 50.8 Å². The smallest absolute Gasteiger partial charge is 0.269 e. The summed E-state index contributed by atoms with van der Waals surface area (Å²) in [5.41, 5.74) is 3.11. The molecule has 1 aromatic carbocycles. The van der Waals surface area contributed by atoms with Crippen LogP contribution in [0.3, 0.4) is 0 Å². The van der Waals surface area contributed by atoms with Gasteiger partial charge in [-0.1, -0.05) is 0 Å². The van der Waals surface area contributed by atoms with Gasteiger partial charge in [0.2, 0.25) is 0 Å². The van der Waals surface area contributed by atoms with Crippen molar-refractivity contribution >= 4 is 5.91 Å². The maximum atomic E-state index is 11.8. The summed E-state index contributed by atoms with van der Waals surface area (Å²) < 4.78 is 10.2. The van der Waals surface area contributed by atoms with Gasteiger partial charge in [-0.15, -0.1) is 0 Å². The van der Waals surface area contributed by atoms with Crippen LogP contribution in [0.15, 0.2) is 18.2 Å². The molecule has 0 heterocycles. The maximum absolute atomic E-state index is 11.8. The molecule has 88 valence electrons. The number of carbonyl (C=O) groups excluding carboxylic acids is 1. The minimum absolute atomic E-state index is 0.218. The molecule has 5 nitrogen and oxygen atoms in total. The van der Waals surface area contributed by atoms with Crippen LogP contribution in [0.2, 0.25) is 0 Å². The summed E-state index contributed by atoms with van der Waals surface area (Å²) in [5.74, 6) is 0.918. The molecule has 1 amide bonds. The number of methoxy groups -OCH3 is 2. The molecule has 0 saturated heterocycles. The molecule has 0 fully saturated rings. The quantitative estimate of drug-likeness (QED) is 0.772. The van der Waals surface area contributed by atoms with Crippen molar-refractivity contribution < 1.29 is 14.3 Å². The minimum Gasteiger partial charge on any atom is -0.497 e. The van der Waals surface area contributed by atoms with Crippen molar-refractivity contribution in [2.24, 2.45) is 0 Å². The first-order valence-corrected chi connectivity index (χ1v) is 4.78. The monoisotopic (exact) mass is 224 g/mol. The fraction of sp³-hybridized carbons (Fsp3) is 0.364. The Labute approximate surface area is 94.9 Å². The van der Waals surface area contributed by atoms with Crippen molar-refractivity contribution in [1.82, 2.24) is 10.4 Å². The standard InChI is InChI=1S/C11H16N2O3/c1-13(2)12-11(14)9-6-5-8(15-3)7-10(9)16-4/h5-7H,1-4H3,(H,12,14). The van der Waals surface area contributed by atoms with E-state index in [-0.39, 0.29) is 5.91 Å². The Morgan fingerprint density at radius 1 is 1.25 bits per heavy atom. The molecule has 0 radical (unpaired) electrons. The Morgan fingerprint density at radius 2 is 1.94 bits per heavy atom. The average Bonchev–Trinajstić information content (AvgIpc) is 2.27. The predicted molar refractivity (Wildman–Crippen MR) is 60.7 cm³/mol. The molecule has 1 N–H and O–H groups in total. The van der Waals surface area contributed by atoms with Gasteiger partial charge in [0, 0.05) is 20.2 Å². The average molecular weight is 224 g/mol. The molecule has 0 bridgehead atoms. The highest BCUT2D eigenvalue weighted by atomic mass is 16.5. The number of hydrogen-bond acceptors (Lipinski definition) is 4. The van der Waals surface area contributed by atoms with Gasteiger partial charge in [0.25, 0.3) is 5.91 Å². The lowest BCUT2D eigenvalue weighted by Gasteiger charge is -2.14. The van der Waals surface area contributed by atoms with Crippen molar-refractivity contribution in [1.29, 1.82) is 0 Å². The highest BCUT2D eigenvalue weighted by Gasteiger charge is 2.13. The number of amides is 1. The molecule has 0 unspecified atom stereocenters. The summed E-state index contributed by atoms with van der Waals surface area (Å²) in [6.07, 6.45) is 0. The van der Waals surface area contributed by atoms with Crippen LogP contribution >= 0.6 is 0 Å². The first-order valence-electron chi connectivity index (χ1n) is 4.78. The van der Waals surface area contributed by atoms with Gasteiger partial charge in [0.15, 0.2) is 0 Å². The van der Waals surface area contributed by atoms with E-state index in [9.17, 15) is 4.79 Å². The fourth-order valence-corrected chi connectivity index (χ4v) is 1.25. The van der Waals surface area contributed by atoms with E-state index >= 15 is 0 Å². The van der Waals surface area contributed by atoms with Crippen molar-refractivity contribution in [2.45, 2.75) is 0 Å². The Morgan fingerprint density at radius 3 is 2.44 bits per heavy atom. The minimum atomic E-state index is -0.218. The predicted octanol–water partition coefficient (Wildman–Crippen LogP) is 0.910. The zero-order chi connectivity index (χ0) is 12.1. The molecule has 0 aliphatic heterocycles. The van der Waals surface area contributed by atoms with Crippen molar-refractivity contribution in [3.05, 3.63) is 23.8 Å². The van der Waals surface area contributed by atoms with E-state index in [1.165, 1.54) is 7.11 Å². The number of hydrogen-bond donors (Lipinski definition) is 1. The third kappa shape index (κ3) is 2.87. The number of nitrogens with one attached hydrogen (secondary N) is 1. The van der Waals surface area contributed by atoms with Gasteiger partial charge in [-0.05, 0) is 12.1 Å². The second-order valence-corrected chi connectivity index (χ2v) is 3.40. The lowest BCUT2D eigenvalue weighted by atomic mass is 10.2. The summed E-state index contributed by atoms with van der Waals surface area (Å²) in [4.78, 5) is 11.8. The molecule has 0 aliphatic carbocycles. The number of ether oxygens (including phenoxy) is 2. The summed E-state index contributed by atoms with van der Waals surface area (Å²) in [6, 6.07) is 5.05. The first-order chi connectivity index (χ1) is 7.58. The molecular weight excluding hydrogens is 208 g/mol. The van der Waals surface area contributed by atoms with Gasteiger partial charge in [-0.2, -0.15) is 0 Å². The molecule has 0 saturated carbocycles. The molecule has 1 rings (SSSR count). The molecule has 0 aromatic heterocycles. The van der Waals surface area contributed by atoms with Gasteiger partial charge in [-0.25, -0.2) is 5.01 Å². The number of carbonyl (C=O) groups is 1. The van der Waals surface area contributed by atoms with E-state index in [1.54, 1.807) is 44.4 Å². The summed E-state index contributed by atoms with van der Waals surface area (Å²) >= 11 is 0. The summed E-state index contributed by atoms with van der Waals surface area (Å²) in [7, 11) is 6.57. The lowest BCUT2D eigenvalue weighted by Crippen LogP contribution is -2.36. The van der Waals surface area contributed by atoms with Gasteiger partial charge in [-0.3, -0.25) is 10.2 Å². The van der Waals surface area contributed by atoms with E-state index in [2.05, 4.69) is 5.43 Å². The van der Waals surface area contributed by atoms with E-state index in [0.717, 1.165) is 0 Å². The van der Waals surface area contributed by atoms with Gasteiger partial charge in [0.1, 0.15) is 11.5 Å². The largest absolute Gasteiger partial charge is 0.497 e. The maximum Gasteiger partial charge on any atom is 0.269 e. The molecule has 1 aromatic rings. The third-order valence-corrected chi connectivity index (χ3v) is 1.98. The number of hydrazine groups is 1. The van der Waals surface area contributed by atoms with Crippen molar-refractivity contribution in [3.8, 4) is 11.5 Å². The number of rotatable bonds is 4. The van der Waals surface area contributed by atoms with E-state index in [4.69, 9.17) is 9.47 Å². The zero-order valence-electron chi connectivity index (χ0n) is 9.90. The normalized spacial score (nSPS) is 10.1. The van der Waals surface area contributed by atoms with Gasteiger partial charge in [0.05, 0.1) is 19.8 Å². The molecule has 0 atom stereocenters. The molecule has 0 spiro atoms. The molecule has 5 heteroatoms. The van der Waals surface area contributed by atoms with Crippen LogP contribution in [0.4, 0.5) is 0 Å². The highest BCUT2D eigenvalue weighted by molar-refractivity contribution is 5.96. The third-order valence-electron chi connectivity index (χ3n) is 1.98. The number of nitrogens with zero attached hydrogens (tertiary/aromatic N) is 1. The van der Waals surface area contributed by atoms with E-state index in [0.29, 0.717) is 17.1 Å².